The lowest BCUT2D eigenvalue weighted by molar-refractivity contribution is 0.0842. The second kappa shape index (κ2) is 10.4. The summed E-state index contributed by atoms with van der Waals surface area (Å²) in [4.78, 5) is 13.7. The average Bonchev–Trinajstić information content (AvgIpc) is 3.34. The van der Waals surface area contributed by atoms with Crippen molar-refractivity contribution in [3.8, 4) is 40.2 Å². The van der Waals surface area contributed by atoms with Crippen molar-refractivity contribution in [1.29, 1.82) is 0 Å². The molecule has 4 aromatic rings. The van der Waals surface area contributed by atoms with Crippen molar-refractivity contribution in [3.63, 3.8) is 0 Å². The number of Topliss-reactive ketones (excluding diaryl/α,β-unsaturated/α-hetero) is 1. The summed E-state index contributed by atoms with van der Waals surface area (Å²) in [7, 11) is 0. The molecular weight excluding hydrogens is 536 g/mol. The molecule has 8 nitrogen and oxygen atoms in total. The molecule has 0 spiro atoms. The summed E-state index contributed by atoms with van der Waals surface area (Å²) >= 11 is 0. The molecule has 2 heterocycles. The van der Waals surface area contributed by atoms with Gasteiger partial charge < -0.3 is 35.0 Å². The van der Waals surface area contributed by atoms with Gasteiger partial charge in [0.15, 0.2) is 5.78 Å². The van der Waals surface area contributed by atoms with E-state index >= 15 is 0 Å². The number of ketones is 1. The third kappa shape index (κ3) is 4.75. The molecule has 5 N–H and O–H groups in total. The van der Waals surface area contributed by atoms with Crippen LogP contribution in [0.4, 0.5) is 0 Å². The number of hydrogen-bond donors (Lipinski definition) is 5. The monoisotopic (exact) mass is 566 g/mol. The lowest BCUT2D eigenvalue weighted by Crippen LogP contribution is -2.22. The highest BCUT2D eigenvalue weighted by atomic mass is 16.5. The van der Waals surface area contributed by atoms with Gasteiger partial charge in [-0.15, -0.1) is 0 Å². The predicted molar refractivity (Wildman–Crippen MR) is 155 cm³/mol. The highest BCUT2D eigenvalue weighted by Gasteiger charge is 2.45. The van der Waals surface area contributed by atoms with Crippen molar-refractivity contribution in [2.75, 3.05) is 0 Å². The molecule has 0 aromatic heterocycles. The Morgan fingerprint density at radius 2 is 1.36 bits per heavy atom. The number of rotatable bonds is 5. The SMILES string of the molecule is CC(C)=CCc1c2c(c(O)c3c1O[C@H](c1ccc(O)cc1)[C@H]3c1cc(O)cc(O)c1)C(=O)C[C@@H](c1ccc(O)cc1)O2. The zero-order chi connectivity index (χ0) is 29.7. The van der Waals surface area contributed by atoms with Crippen LogP contribution in [0.3, 0.4) is 0 Å². The van der Waals surface area contributed by atoms with Crippen LogP contribution in [0.5, 0.6) is 40.2 Å². The standard InChI is InChI=1S/C34H30O8/c1-17(2)3-12-25-33-29(26(39)16-27(41-33)18-4-8-21(35)9-5-18)31(40)30-28(20-13-23(37)15-24(38)14-20)32(42-34(25)30)19-6-10-22(36)11-7-19/h3-11,13-15,27-28,32,35-38,40H,12,16H2,1-2H3/t27-,28-,32+/m0/s1. The molecule has 0 fully saturated rings. The van der Waals surface area contributed by atoms with Gasteiger partial charge >= 0.3 is 0 Å². The molecule has 6 rings (SSSR count). The number of phenols is 5. The van der Waals surface area contributed by atoms with E-state index in [1.165, 1.54) is 42.5 Å². The minimum Gasteiger partial charge on any atom is -0.508 e. The van der Waals surface area contributed by atoms with Gasteiger partial charge in [-0.1, -0.05) is 35.9 Å². The highest BCUT2D eigenvalue weighted by molar-refractivity contribution is 6.04. The van der Waals surface area contributed by atoms with Gasteiger partial charge in [-0.25, -0.2) is 0 Å². The molecule has 2 aliphatic rings. The molecule has 214 valence electrons. The van der Waals surface area contributed by atoms with E-state index in [9.17, 15) is 30.3 Å². The van der Waals surface area contributed by atoms with Crippen molar-refractivity contribution < 1.29 is 39.8 Å². The van der Waals surface area contributed by atoms with Crippen molar-refractivity contribution >= 4 is 5.78 Å². The van der Waals surface area contributed by atoms with E-state index in [4.69, 9.17) is 9.47 Å². The van der Waals surface area contributed by atoms with E-state index in [1.807, 2.05) is 19.9 Å². The summed E-state index contributed by atoms with van der Waals surface area (Å²) in [6.45, 7) is 3.91. The van der Waals surface area contributed by atoms with Crippen LogP contribution in [0, 0.1) is 0 Å². The van der Waals surface area contributed by atoms with E-state index in [2.05, 4.69) is 0 Å². The van der Waals surface area contributed by atoms with Crippen LogP contribution in [-0.4, -0.2) is 31.3 Å². The lowest BCUT2D eigenvalue weighted by atomic mass is 9.81. The van der Waals surface area contributed by atoms with Crippen LogP contribution in [0.1, 0.15) is 76.6 Å². The zero-order valence-corrected chi connectivity index (χ0v) is 23.0. The lowest BCUT2D eigenvalue weighted by Gasteiger charge is -2.29. The quantitative estimate of drug-likeness (QED) is 0.168. The van der Waals surface area contributed by atoms with Gasteiger partial charge in [0.25, 0.3) is 0 Å². The molecule has 0 aliphatic carbocycles. The maximum Gasteiger partial charge on any atom is 0.174 e. The zero-order valence-electron chi connectivity index (χ0n) is 23.0. The molecule has 8 heteroatoms. The molecule has 0 amide bonds. The predicted octanol–water partition coefficient (Wildman–Crippen LogP) is 6.70. The van der Waals surface area contributed by atoms with Crippen LogP contribution in [0.25, 0.3) is 0 Å². The summed E-state index contributed by atoms with van der Waals surface area (Å²) in [5.74, 6) is -0.872. The molecular formula is C34H30O8. The van der Waals surface area contributed by atoms with Gasteiger partial charge in [0.2, 0.25) is 0 Å². The van der Waals surface area contributed by atoms with E-state index in [0.717, 1.165) is 5.57 Å². The van der Waals surface area contributed by atoms with E-state index in [0.29, 0.717) is 40.0 Å². The summed E-state index contributed by atoms with van der Waals surface area (Å²) in [6.07, 6.45) is 0.943. The maximum absolute atomic E-state index is 13.7. The minimum absolute atomic E-state index is 0.0218. The smallest absolute Gasteiger partial charge is 0.174 e. The molecule has 0 radical (unpaired) electrons. The van der Waals surface area contributed by atoms with Crippen molar-refractivity contribution in [1.82, 2.24) is 0 Å². The number of allylic oxidation sites excluding steroid dienone is 2. The number of carbonyl (C=O) groups excluding carboxylic acids is 1. The Labute approximate surface area is 242 Å². The van der Waals surface area contributed by atoms with E-state index < -0.39 is 18.1 Å². The molecule has 0 unspecified atom stereocenters. The van der Waals surface area contributed by atoms with Crippen LogP contribution in [-0.2, 0) is 6.42 Å². The summed E-state index contributed by atoms with van der Waals surface area (Å²) < 4.78 is 13.1. The van der Waals surface area contributed by atoms with Gasteiger partial charge in [-0.2, -0.15) is 0 Å². The summed E-state index contributed by atoms with van der Waals surface area (Å²) in [5, 5.41) is 52.2. The number of fused-ring (bicyclic) bond motifs is 2. The Kier molecular flexibility index (Phi) is 6.69. The second-order valence-electron chi connectivity index (χ2n) is 11.0. The Balaban J connectivity index is 1.59. The fourth-order valence-corrected chi connectivity index (χ4v) is 5.81. The number of carbonyl (C=O) groups is 1. The minimum atomic E-state index is -0.731. The van der Waals surface area contributed by atoms with Crippen LogP contribution in [0.2, 0.25) is 0 Å². The Bertz CT molecular complexity index is 1700. The Hall–Kier alpha value is -5.11. The number of benzene rings is 4. The normalized spacial score (nSPS) is 18.9. The highest BCUT2D eigenvalue weighted by Crippen LogP contribution is 2.60. The van der Waals surface area contributed by atoms with Crippen LogP contribution in [0.15, 0.2) is 78.4 Å². The van der Waals surface area contributed by atoms with Crippen LogP contribution >= 0.6 is 0 Å². The maximum atomic E-state index is 13.7. The first-order chi connectivity index (χ1) is 20.1. The molecule has 2 aliphatic heterocycles. The van der Waals surface area contributed by atoms with Crippen LogP contribution < -0.4 is 9.47 Å². The van der Waals surface area contributed by atoms with Gasteiger partial charge in [0.1, 0.15) is 58.0 Å². The molecule has 4 aromatic carbocycles. The number of ether oxygens (including phenoxy) is 2. The summed E-state index contributed by atoms with van der Waals surface area (Å²) in [6, 6.07) is 17.1. The van der Waals surface area contributed by atoms with Gasteiger partial charge in [0.05, 0.1) is 12.3 Å². The molecule has 0 bridgehead atoms. The average molecular weight is 567 g/mol. The Morgan fingerprint density at radius 1 is 0.762 bits per heavy atom. The molecule has 0 saturated heterocycles. The second-order valence-corrected chi connectivity index (χ2v) is 11.0. The number of hydrogen-bond acceptors (Lipinski definition) is 8. The third-order valence-electron chi connectivity index (χ3n) is 7.77. The van der Waals surface area contributed by atoms with Gasteiger partial charge in [0, 0.05) is 17.2 Å². The van der Waals surface area contributed by atoms with E-state index in [1.54, 1.807) is 24.3 Å². The molecule has 3 atom stereocenters. The third-order valence-corrected chi connectivity index (χ3v) is 7.77. The Morgan fingerprint density at radius 3 is 1.95 bits per heavy atom. The van der Waals surface area contributed by atoms with Gasteiger partial charge in [-0.3, -0.25) is 4.79 Å². The van der Waals surface area contributed by atoms with E-state index in [-0.39, 0.29) is 52.3 Å². The molecule has 0 saturated carbocycles. The fraction of sp³-hybridized carbons (Fsp3) is 0.206. The first-order valence-corrected chi connectivity index (χ1v) is 13.6. The van der Waals surface area contributed by atoms with Gasteiger partial charge in [-0.05, 0) is 73.4 Å². The van der Waals surface area contributed by atoms with Crippen molar-refractivity contribution in [2.45, 2.75) is 44.8 Å². The number of phenolic OH excluding ortho intramolecular Hbond substituents is 5. The van der Waals surface area contributed by atoms with Crippen molar-refractivity contribution in [3.05, 3.63) is 112 Å². The fourth-order valence-electron chi connectivity index (χ4n) is 5.81. The summed E-state index contributed by atoms with van der Waals surface area (Å²) in [5.41, 5.74) is 3.89. The largest absolute Gasteiger partial charge is 0.508 e. The first kappa shape index (κ1) is 27.1. The molecule has 42 heavy (non-hydrogen) atoms. The van der Waals surface area contributed by atoms with Crippen molar-refractivity contribution in [2.24, 2.45) is 0 Å². The number of aromatic hydroxyl groups is 5. The topological polar surface area (TPSA) is 137 Å². The first-order valence-electron chi connectivity index (χ1n) is 13.6.